The number of carbonyl (C=O) groups is 1. The van der Waals surface area contributed by atoms with Crippen molar-refractivity contribution in [1.82, 2.24) is 4.90 Å². The van der Waals surface area contributed by atoms with Crippen LogP contribution < -0.4 is 0 Å². The van der Waals surface area contributed by atoms with Crippen LogP contribution in [0.15, 0.2) is 0 Å². The summed E-state index contributed by atoms with van der Waals surface area (Å²) >= 11 is 1.51. The van der Waals surface area contributed by atoms with Crippen molar-refractivity contribution in [2.24, 2.45) is 0 Å². The smallest absolute Gasteiger partial charge is 0.188 e. The Kier molecular flexibility index (Phi) is 10.5. The molecular formula is C12H25NOS. The quantitative estimate of drug-likeness (QED) is 0.569. The van der Waals surface area contributed by atoms with E-state index >= 15 is 0 Å². The molecule has 90 valence electrons. The predicted octanol–water partition coefficient (Wildman–Crippen LogP) is 3.17. The Hall–Kier alpha value is -0.0200. The van der Waals surface area contributed by atoms with Crippen molar-refractivity contribution in [3.63, 3.8) is 0 Å². The van der Waals surface area contributed by atoms with Crippen molar-refractivity contribution >= 4 is 16.9 Å². The minimum Gasteiger partial charge on any atom is -0.303 e. The zero-order valence-corrected chi connectivity index (χ0v) is 11.2. The molecule has 3 heteroatoms. The summed E-state index contributed by atoms with van der Waals surface area (Å²) in [4.78, 5) is 13.8. The molecule has 0 saturated heterocycles. The monoisotopic (exact) mass is 231 g/mol. The number of nitrogens with zero attached hydrogens (tertiary/aromatic N) is 1. The molecule has 0 aromatic heterocycles. The van der Waals surface area contributed by atoms with Gasteiger partial charge in [0.2, 0.25) is 0 Å². The number of hydrogen-bond donors (Lipinski definition) is 0. The van der Waals surface area contributed by atoms with E-state index in [9.17, 15) is 4.79 Å². The highest BCUT2D eigenvalue weighted by molar-refractivity contribution is 8.13. The molecule has 0 radical (unpaired) electrons. The van der Waals surface area contributed by atoms with Gasteiger partial charge in [0.1, 0.15) is 0 Å². The molecule has 0 atom stereocenters. The molecule has 2 nitrogen and oxygen atoms in total. The lowest BCUT2D eigenvalue weighted by molar-refractivity contribution is -0.111. The topological polar surface area (TPSA) is 20.3 Å². The van der Waals surface area contributed by atoms with Gasteiger partial charge in [0.15, 0.2) is 5.12 Å². The van der Waals surface area contributed by atoms with E-state index in [0.717, 1.165) is 38.2 Å². The van der Waals surface area contributed by atoms with Gasteiger partial charge in [-0.3, -0.25) is 4.79 Å². The summed E-state index contributed by atoms with van der Waals surface area (Å²) in [5.74, 6) is 0.951. The first-order chi connectivity index (χ1) is 7.24. The van der Waals surface area contributed by atoms with Crippen LogP contribution in [0.4, 0.5) is 0 Å². The SMILES string of the molecule is CCCCCC(=O)SCCN(CC)CC. The second-order valence-electron chi connectivity index (χ2n) is 3.70. The second kappa shape index (κ2) is 10.5. The van der Waals surface area contributed by atoms with Crippen LogP contribution in [-0.4, -0.2) is 35.4 Å². The Morgan fingerprint density at radius 3 is 2.33 bits per heavy atom. The average Bonchev–Trinajstić information content (AvgIpc) is 2.25. The Bertz CT molecular complexity index is 158. The third kappa shape index (κ3) is 8.94. The minimum absolute atomic E-state index is 0.371. The molecule has 15 heavy (non-hydrogen) atoms. The lowest BCUT2D eigenvalue weighted by Gasteiger charge is -2.16. The molecule has 0 aliphatic heterocycles. The summed E-state index contributed by atoms with van der Waals surface area (Å²) in [7, 11) is 0. The number of hydrogen-bond acceptors (Lipinski definition) is 3. The summed E-state index contributed by atoms with van der Waals surface area (Å²) in [5, 5.41) is 0.371. The second-order valence-corrected chi connectivity index (χ2v) is 4.86. The van der Waals surface area contributed by atoms with E-state index in [-0.39, 0.29) is 0 Å². The third-order valence-corrected chi connectivity index (χ3v) is 3.46. The lowest BCUT2D eigenvalue weighted by atomic mass is 10.2. The summed E-state index contributed by atoms with van der Waals surface area (Å²) in [6, 6.07) is 0. The fourth-order valence-corrected chi connectivity index (χ4v) is 2.29. The normalized spacial score (nSPS) is 10.9. The van der Waals surface area contributed by atoms with E-state index in [1.165, 1.54) is 24.6 Å². The van der Waals surface area contributed by atoms with E-state index < -0.39 is 0 Å². The molecule has 0 aromatic carbocycles. The average molecular weight is 231 g/mol. The van der Waals surface area contributed by atoms with Crippen LogP contribution >= 0.6 is 11.8 Å². The molecule has 0 aromatic rings. The molecule has 0 spiro atoms. The van der Waals surface area contributed by atoms with Gasteiger partial charge in [-0.15, -0.1) is 0 Å². The van der Waals surface area contributed by atoms with Gasteiger partial charge in [-0.2, -0.15) is 0 Å². The molecule has 0 N–H and O–H groups in total. The van der Waals surface area contributed by atoms with Crippen LogP contribution in [0.5, 0.6) is 0 Å². The van der Waals surface area contributed by atoms with Gasteiger partial charge in [-0.1, -0.05) is 45.4 Å². The van der Waals surface area contributed by atoms with Gasteiger partial charge < -0.3 is 4.90 Å². The van der Waals surface area contributed by atoms with Crippen molar-refractivity contribution < 1.29 is 4.79 Å². The summed E-state index contributed by atoms with van der Waals surface area (Å²) < 4.78 is 0. The zero-order valence-electron chi connectivity index (χ0n) is 10.4. The fraction of sp³-hybridized carbons (Fsp3) is 0.917. The van der Waals surface area contributed by atoms with Gasteiger partial charge in [0.25, 0.3) is 0 Å². The number of unbranched alkanes of at least 4 members (excludes halogenated alkanes) is 2. The molecule has 0 aliphatic rings. The maximum Gasteiger partial charge on any atom is 0.188 e. The molecule has 0 unspecified atom stereocenters. The molecule has 0 amide bonds. The van der Waals surface area contributed by atoms with Crippen LogP contribution in [0.2, 0.25) is 0 Å². The molecular weight excluding hydrogens is 206 g/mol. The van der Waals surface area contributed by atoms with E-state index in [1.54, 1.807) is 0 Å². The Balaban J connectivity index is 3.37. The highest BCUT2D eigenvalue weighted by Gasteiger charge is 2.04. The van der Waals surface area contributed by atoms with E-state index in [0.29, 0.717) is 5.12 Å². The van der Waals surface area contributed by atoms with Crippen LogP contribution in [0, 0.1) is 0 Å². The Labute approximate surface area is 98.8 Å². The highest BCUT2D eigenvalue weighted by atomic mass is 32.2. The Morgan fingerprint density at radius 2 is 1.80 bits per heavy atom. The number of thioether (sulfide) groups is 1. The molecule has 0 fully saturated rings. The number of carbonyl (C=O) groups excluding carboxylic acids is 1. The predicted molar refractivity (Wildman–Crippen MR) is 69.4 cm³/mol. The first kappa shape index (κ1) is 15.0. The fourth-order valence-electron chi connectivity index (χ4n) is 1.42. The van der Waals surface area contributed by atoms with Crippen molar-refractivity contribution in [3.05, 3.63) is 0 Å². The first-order valence-corrected chi connectivity index (χ1v) is 7.11. The van der Waals surface area contributed by atoms with Crippen LogP contribution in [-0.2, 0) is 4.79 Å². The van der Waals surface area contributed by atoms with E-state index in [1.807, 2.05) is 0 Å². The third-order valence-electron chi connectivity index (χ3n) is 2.55. The van der Waals surface area contributed by atoms with Gasteiger partial charge in [-0.25, -0.2) is 0 Å². The van der Waals surface area contributed by atoms with E-state index in [4.69, 9.17) is 0 Å². The summed E-state index contributed by atoms with van der Waals surface area (Å²) in [6.07, 6.45) is 4.20. The molecule has 0 aliphatic carbocycles. The van der Waals surface area contributed by atoms with Gasteiger partial charge in [0.05, 0.1) is 0 Å². The summed E-state index contributed by atoms with van der Waals surface area (Å²) in [5.41, 5.74) is 0. The maximum absolute atomic E-state index is 11.4. The molecule has 0 saturated carbocycles. The maximum atomic E-state index is 11.4. The van der Waals surface area contributed by atoms with Gasteiger partial charge >= 0.3 is 0 Å². The minimum atomic E-state index is 0.371. The highest BCUT2D eigenvalue weighted by Crippen LogP contribution is 2.10. The largest absolute Gasteiger partial charge is 0.303 e. The number of rotatable bonds is 9. The zero-order chi connectivity index (χ0) is 11.5. The van der Waals surface area contributed by atoms with E-state index in [2.05, 4.69) is 25.7 Å². The van der Waals surface area contributed by atoms with Crippen molar-refractivity contribution in [3.8, 4) is 0 Å². The Morgan fingerprint density at radius 1 is 1.13 bits per heavy atom. The van der Waals surface area contributed by atoms with Gasteiger partial charge in [-0.05, 0) is 19.5 Å². The lowest BCUT2D eigenvalue weighted by Crippen LogP contribution is -2.25. The van der Waals surface area contributed by atoms with Crippen molar-refractivity contribution in [2.45, 2.75) is 46.5 Å². The summed E-state index contributed by atoms with van der Waals surface area (Å²) in [6.45, 7) is 9.70. The van der Waals surface area contributed by atoms with Crippen LogP contribution in [0.3, 0.4) is 0 Å². The van der Waals surface area contributed by atoms with Gasteiger partial charge in [0, 0.05) is 18.7 Å². The standard InChI is InChI=1S/C12H25NOS/c1-4-7-8-9-12(14)15-11-10-13(5-2)6-3/h4-11H2,1-3H3. The van der Waals surface area contributed by atoms with Crippen molar-refractivity contribution in [2.75, 3.05) is 25.4 Å². The van der Waals surface area contributed by atoms with Crippen LogP contribution in [0.25, 0.3) is 0 Å². The van der Waals surface area contributed by atoms with Crippen LogP contribution in [0.1, 0.15) is 46.5 Å². The van der Waals surface area contributed by atoms with Crippen molar-refractivity contribution in [1.29, 1.82) is 0 Å². The first-order valence-electron chi connectivity index (χ1n) is 6.12. The molecule has 0 bridgehead atoms. The molecule has 0 heterocycles. The molecule has 0 rings (SSSR count).